The molecule has 21 heavy (non-hydrogen) atoms. The van der Waals surface area contributed by atoms with Crippen LogP contribution in [0, 0.1) is 0 Å². The van der Waals surface area contributed by atoms with Gasteiger partial charge in [-0.1, -0.05) is 36.5 Å². The molecule has 0 spiro atoms. The van der Waals surface area contributed by atoms with Gasteiger partial charge in [-0.3, -0.25) is 0 Å². The Kier molecular flexibility index (Phi) is 4.53. The predicted molar refractivity (Wildman–Crippen MR) is 88.2 cm³/mol. The smallest absolute Gasteiger partial charge is 0.110 e. The molecule has 0 heterocycles. The first-order valence-corrected chi connectivity index (χ1v) is 7.31. The zero-order valence-corrected chi connectivity index (χ0v) is 12.8. The summed E-state index contributed by atoms with van der Waals surface area (Å²) in [6.07, 6.45) is 21.5. The standard InChI is InChI=1S/C18H24N2O/c1-3-9-17(11-5-15(19)6-12-17)21-18(10-4-2)13-7-16(20)8-14-18/h3-11,13H,12,14,19-20H2,1-2H3/b9-3-,10-4-. The van der Waals surface area contributed by atoms with Crippen LogP contribution in [0.5, 0.6) is 0 Å². The average molecular weight is 284 g/mol. The Bertz CT molecular complexity index is 516. The van der Waals surface area contributed by atoms with Gasteiger partial charge in [0.2, 0.25) is 0 Å². The fourth-order valence-electron chi connectivity index (χ4n) is 2.69. The van der Waals surface area contributed by atoms with Gasteiger partial charge in [-0.25, -0.2) is 0 Å². The Morgan fingerprint density at radius 2 is 1.33 bits per heavy atom. The topological polar surface area (TPSA) is 61.3 Å². The third-order valence-electron chi connectivity index (χ3n) is 3.71. The number of allylic oxidation sites excluding steroid dienone is 4. The van der Waals surface area contributed by atoms with Crippen molar-refractivity contribution in [3.05, 3.63) is 72.2 Å². The van der Waals surface area contributed by atoms with Gasteiger partial charge < -0.3 is 16.2 Å². The monoisotopic (exact) mass is 284 g/mol. The molecule has 0 amide bonds. The van der Waals surface area contributed by atoms with Gasteiger partial charge in [-0.15, -0.1) is 0 Å². The van der Waals surface area contributed by atoms with E-state index < -0.39 is 11.2 Å². The Hall–Kier alpha value is -2.00. The van der Waals surface area contributed by atoms with E-state index in [2.05, 4.69) is 12.2 Å². The van der Waals surface area contributed by atoms with Crippen molar-refractivity contribution in [1.82, 2.24) is 0 Å². The van der Waals surface area contributed by atoms with Crippen LogP contribution in [-0.4, -0.2) is 11.2 Å². The summed E-state index contributed by atoms with van der Waals surface area (Å²) in [6.45, 7) is 4.00. The van der Waals surface area contributed by atoms with E-state index in [1.807, 2.05) is 62.5 Å². The minimum atomic E-state index is -0.471. The van der Waals surface area contributed by atoms with E-state index in [9.17, 15) is 0 Å². The molecule has 0 radical (unpaired) electrons. The molecule has 0 aromatic carbocycles. The lowest BCUT2D eigenvalue weighted by Crippen LogP contribution is -2.41. The van der Waals surface area contributed by atoms with Crippen LogP contribution in [0.15, 0.2) is 72.2 Å². The number of rotatable bonds is 4. The summed E-state index contributed by atoms with van der Waals surface area (Å²) in [5.41, 5.74) is 12.3. The van der Waals surface area contributed by atoms with Crippen molar-refractivity contribution in [3.63, 3.8) is 0 Å². The van der Waals surface area contributed by atoms with Crippen molar-refractivity contribution in [2.75, 3.05) is 0 Å². The molecule has 0 saturated carbocycles. The van der Waals surface area contributed by atoms with E-state index >= 15 is 0 Å². The van der Waals surface area contributed by atoms with Gasteiger partial charge in [0, 0.05) is 24.2 Å². The number of hydrogen-bond acceptors (Lipinski definition) is 3. The van der Waals surface area contributed by atoms with Crippen LogP contribution < -0.4 is 11.5 Å². The summed E-state index contributed by atoms with van der Waals surface area (Å²) >= 11 is 0. The second-order valence-corrected chi connectivity index (χ2v) is 5.50. The molecule has 0 fully saturated rings. The zero-order chi connectivity index (χ0) is 15.3. The molecular formula is C18H24N2O. The molecular weight excluding hydrogens is 260 g/mol. The maximum absolute atomic E-state index is 6.54. The fourth-order valence-corrected chi connectivity index (χ4v) is 2.69. The Labute approximate surface area is 127 Å². The molecule has 0 aromatic rings. The molecule has 4 N–H and O–H groups in total. The Balaban J connectivity index is 2.31. The average Bonchev–Trinajstić information content (AvgIpc) is 2.46. The predicted octanol–water partition coefficient (Wildman–Crippen LogP) is 3.24. The van der Waals surface area contributed by atoms with Crippen LogP contribution in [-0.2, 0) is 4.74 Å². The lowest BCUT2D eigenvalue weighted by atomic mass is 9.88. The molecule has 3 heteroatoms. The summed E-state index contributed by atoms with van der Waals surface area (Å²) in [5.74, 6) is 0. The molecule has 0 aliphatic heterocycles. The highest BCUT2D eigenvalue weighted by Crippen LogP contribution is 2.36. The largest absolute Gasteiger partial charge is 0.399 e. The number of ether oxygens (including phenoxy) is 1. The molecule has 0 saturated heterocycles. The first kappa shape index (κ1) is 15.4. The SMILES string of the molecule is C/C=C\C1(OC2(/C=C\C)C=CC(N)=CC2)C=CC(N)=CC1. The molecule has 2 aliphatic carbocycles. The minimum Gasteiger partial charge on any atom is -0.399 e. The second kappa shape index (κ2) is 6.19. The summed E-state index contributed by atoms with van der Waals surface area (Å²) in [7, 11) is 0. The number of hydrogen-bond donors (Lipinski definition) is 2. The summed E-state index contributed by atoms with van der Waals surface area (Å²) < 4.78 is 6.54. The van der Waals surface area contributed by atoms with Gasteiger partial charge in [-0.2, -0.15) is 0 Å². The van der Waals surface area contributed by atoms with Crippen molar-refractivity contribution in [2.24, 2.45) is 11.5 Å². The molecule has 2 atom stereocenters. The van der Waals surface area contributed by atoms with Crippen LogP contribution >= 0.6 is 0 Å². The molecule has 2 unspecified atom stereocenters. The van der Waals surface area contributed by atoms with E-state index in [4.69, 9.17) is 16.2 Å². The van der Waals surface area contributed by atoms with Crippen LogP contribution in [0.25, 0.3) is 0 Å². The van der Waals surface area contributed by atoms with Gasteiger partial charge in [-0.05, 0) is 38.2 Å². The zero-order valence-electron chi connectivity index (χ0n) is 12.8. The normalized spacial score (nSPS) is 32.7. The minimum absolute atomic E-state index is 0.471. The van der Waals surface area contributed by atoms with Crippen molar-refractivity contribution >= 4 is 0 Å². The summed E-state index contributed by atoms with van der Waals surface area (Å²) in [5, 5.41) is 0. The third kappa shape index (κ3) is 3.56. The van der Waals surface area contributed by atoms with E-state index in [-0.39, 0.29) is 0 Å². The van der Waals surface area contributed by atoms with Crippen molar-refractivity contribution in [3.8, 4) is 0 Å². The van der Waals surface area contributed by atoms with Crippen LogP contribution in [0.3, 0.4) is 0 Å². The Morgan fingerprint density at radius 1 is 0.905 bits per heavy atom. The van der Waals surface area contributed by atoms with Crippen LogP contribution in [0.2, 0.25) is 0 Å². The molecule has 112 valence electrons. The second-order valence-electron chi connectivity index (χ2n) is 5.50. The fraction of sp³-hybridized carbons (Fsp3) is 0.333. The summed E-state index contributed by atoms with van der Waals surface area (Å²) in [6, 6.07) is 0. The highest BCUT2D eigenvalue weighted by atomic mass is 16.5. The van der Waals surface area contributed by atoms with Gasteiger partial charge in [0.25, 0.3) is 0 Å². The van der Waals surface area contributed by atoms with Gasteiger partial charge in [0.1, 0.15) is 11.2 Å². The first-order valence-electron chi connectivity index (χ1n) is 7.31. The third-order valence-corrected chi connectivity index (χ3v) is 3.71. The Morgan fingerprint density at radius 3 is 1.62 bits per heavy atom. The maximum atomic E-state index is 6.54. The van der Waals surface area contributed by atoms with Crippen LogP contribution in [0.4, 0.5) is 0 Å². The first-order chi connectivity index (χ1) is 10.0. The van der Waals surface area contributed by atoms with E-state index in [1.165, 1.54) is 0 Å². The van der Waals surface area contributed by atoms with E-state index in [1.54, 1.807) is 0 Å². The van der Waals surface area contributed by atoms with Gasteiger partial charge in [0.05, 0.1) is 0 Å². The van der Waals surface area contributed by atoms with Gasteiger partial charge in [0.15, 0.2) is 0 Å². The lowest BCUT2D eigenvalue weighted by molar-refractivity contribution is -0.0538. The maximum Gasteiger partial charge on any atom is 0.110 e. The highest BCUT2D eigenvalue weighted by molar-refractivity contribution is 5.34. The van der Waals surface area contributed by atoms with E-state index in [0.29, 0.717) is 0 Å². The lowest BCUT2D eigenvalue weighted by Gasteiger charge is -2.39. The van der Waals surface area contributed by atoms with Crippen LogP contribution in [0.1, 0.15) is 26.7 Å². The molecule has 0 bridgehead atoms. The van der Waals surface area contributed by atoms with Crippen molar-refractivity contribution < 1.29 is 4.74 Å². The summed E-state index contributed by atoms with van der Waals surface area (Å²) in [4.78, 5) is 0. The molecule has 0 aromatic heterocycles. The molecule has 2 rings (SSSR count). The number of nitrogens with two attached hydrogens (primary N) is 2. The molecule has 3 nitrogen and oxygen atoms in total. The van der Waals surface area contributed by atoms with Crippen molar-refractivity contribution in [1.29, 1.82) is 0 Å². The van der Waals surface area contributed by atoms with E-state index in [0.717, 1.165) is 24.2 Å². The molecule has 2 aliphatic rings. The van der Waals surface area contributed by atoms with Gasteiger partial charge >= 0.3 is 0 Å². The van der Waals surface area contributed by atoms with Crippen molar-refractivity contribution in [2.45, 2.75) is 37.9 Å². The quantitative estimate of drug-likeness (QED) is 0.779. The highest BCUT2D eigenvalue weighted by Gasteiger charge is 2.36.